The molecule has 0 saturated heterocycles. The second-order valence-corrected chi connectivity index (χ2v) is 13.4. The summed E-state index contributed by atoms with van der Waals surface area (Å²) in [5.41, 5.74) is -0.630. The normalized spacial score (nSPS) is 13.9. The number of carbonyl (C=O) groups is 1. The number of methoxy groups -OCH3 is 1. The molecule has 2 rings (SSSR count). The Kier molecular flexibility index (Phi) is 10.9. The van der Waals surface area contributed by atoms with Crippen molar-refractivity contribution in [2.75, 3.05) is 20.2 Å². The average Bonchev–Trinajstić information content (AvgIpc) is 2.86. The summed E-state index contributed by atoms with van der Waals surface area (Å²) in [5, 5.41) is 30.9. The molecular formula is C29H41N3O6S. The van der Waals surface area contributed by atoms with E-state index in [4.69, 9.17) is 10.00 Å². The molecule has 0 fully saturated rings. The Balaban J connectivity index is 2.55. The fraction of sp³-hybridized carbons (Fsp3) is 0.517. The molecule has 1 amide bonds. The van der Waals surface area contributed by atoms with Crippen LogP contribution < -0.4 is 4.74 Å². The van der Waals surface area contributed by atoms with Gasteiger partial charge in [-0.05, 0) is 68.9 Å². The van der Waals surface area contributed by atoms with Gasteiger partial charge in [0.25, 0.3) is 0 Å². The molecule has 2 aromatic rings. The highest BCUT2D eigenvalue weighted by Crippen LogP contribution is 2.30. The van der Waals surface area contributed by atoms with Crippen LogP contribution in [-0.2, 0) is 16.4 Å². The minimum absolute atomic E-state index is 0.0251. The highest BCUT2D eigenvalue weighted by atomic mass is 32.2. The lowest BCUT2D eigenvalue weighted by Crippen LogP contribution is -2.59. The maximum atomic E-state index is 13.9. The van der Waals surface area contributed by atoms with E-state index in [1.165, 1.54) is 28.4 Å². The van der Waals surface area contributed by atoms with Crippen LogP contribution in [0.2, 0.25) is 0 Å². The molecule has 214 valence electrons. The van der Waals surface area contributed by atoms with Gasteiger partial charge in [-0.3, -0.25) is 4.90 Å². The van der Waals surface area contributed by atoms with Gasteiger partial charge in [0.2, 0.25) is 10.0 Å². The van der Waals surface area contributed by atoms with E-state index in [1.807, 2.05) is 44.2 Å². The van der Waals surface area contributed by atoms with E-state index in [-0.39, 0.29) is 30.8 Å². The van der Waals surface area contributed by atoms with Crippen LogP contribution in [0.4, 0.5) is 4.79 Å². The number of hydrogen-bond donors (Lipinski definition) is 2. The number of aliphatic hydroxyl groups is 1. The first kappa shape index (κ1) is 32.1. The van der Waals surface area contributed by atoms with E-state index < -0.39 is 39.2 Å². The summed E-state index contributed by atoms with van der Waals surface area (Å²) >= 11 is 0. The van der Waals surface area contributed by atoms with Gasteiger partial charge < -0.3 is 14.9 Å². The smallest absolute Gasteiger partial charge is 0.408 e. The first-order chi connectivity index (χ1) is 18.1. The molecule has 0 bridgehead atoms. The van der Waals surface area contributed by atoms with Crippen molar-refractivity contribution in [3.63, 3.8) is 0 Å². The molecule has 39 heavy (non-hydrogen) atoms. The molecule has 2 N–H and O–H groups in total. The highest BCUT2D eigenvalue weighted by molar-refractivity contribution is 7.89. The Morgan fingerprint density at radius 2 is 1.64 bits per heavy atom. The molecule has 0 aliphatic carbocycles. The number of nitriles is 1. The SMILES string of the molecule is COc1ccc(S(=O)(=O)N(C[C@@H](O)[C@H](Cc2ccccc2)N(C(=O)O)C(C)(C)C)CC(C)(C)CCC#N)cc1. The van der Waals surface area contributed by atoms with Gasteiger partial charge in [0, 0.05) is 25.0 Å². The predicted molar refractivity (Wildman–Crippen MR) is 150 cm³/mol. The largest absolute Gasteiger partial charge is 0.497 e. The Bertz CT molecular complexity index is 1220. The molecule has 0 heterocycles. The lowest BCUT2D eigenvalue weighted by Gasteiger charge is -2.43. The van der Waals surface area contributed by atoms with Crippen molar-refractivity contribution >= 4 is 16.1 Å². The molecule has 2 atom stereocenters. The number of hydrogen-bond acceptors (Lipinski definition) is 6. The third-order valence-electron chi connectivity index (χ3n) is 6.60. The summed E-state index contributed by atoms with van der Waals surface area (Å²) in [7, 11) is -2.61. The second-order valence-electron chi connectivity index (χ2n) is 11.4. The maximum Gasteiger partial charge on any atom is 0.408 e. The third kappa shape index (κ3) is 8.95. The molecule has 9 nitrogen and oxygen atoms in total. The van der Waals surface area contributed by atoms with Crippen molar-refractivity contribution in [1.82, 2.24) is 9.21 Å². The topological polar surface area (TPSA) is 131 Å². The first-order valence-electron chi connectivity index (χ1n) is 12.9. The minimum atomic E-state index is -4.10. The summed E-state index contributed by atoms with van der Waals surface area (Å²) in [6.45, 7) is 8.65. The van der Waals surface area contributed by atoms with Gasteiger partial charge >= 0.3 is 6.09 Å². The molecule has 10 heteroatoms. The highest BCUT2D eigenvalue weighted by Gasteiger charge is 2.40. The Labute approximate surface area is 232 Å². The monoisotopic (exact) mass is 559 g/mol. The van der Waals surface area contributed by atoms with E-state index in [1.54, 1.807) is 32.9 Å². The average molecular weight is 560 g/mol. The molecule has 0 unspecified atom stereocenters. The van der Waals surface area contributed by atoms with Crippen molar-refractivity contribution in [2.45, 2.75) is 76.5 Å². The van der Waals surface area contributed by atoms with E-state index in [0.29, 0.717) is 12.2 Å². The lowest BCUT2D eigenvalue weighted by molar-refractivity contribution is -0.00107. The van der Waals surface area contributed by atoms with Gasteiger partial charge in [-0.15, -0.1) is 0 Å². The molecule has 0 spiro atoms. The summed E-state index contributed by atoms with van der Waals surface area (Å²) in [5.74, 6) is 0.500. The van der Waals surface area contributed by atoms with Gasteiger partial charge in [-0.25, -0.2) is 13.2 Å². The molecule has 0 radical (unpaired) electrons. The first-order valence-corrected chi connectivity index (χ1v) is 14.3. The zero-order valence-corrected chi connectivity index (χ0v) is 24.5. The van der Waals surface area contributed by atoms with Crippen LogP contribution in [-0.4, -0.2) is 71.8 Å². The number of ether oxygens (including phenoxy) is 1. The van der Waals surface area contributed by atoms with Gasteiger partial charge in [-0.2, -0.15) is 9.57 Å². The third-order valence-corrected chi connectivity index (χ3v) is 8.42. The van der Waals surface area contributed by atoms with Crippen molar-refractivity contribution < 1.29 is 28.2 Å². The van der Waals surface area contributed by atoms with Crippen LogP contribution >= 0.6 is 0 Å². The quantitative estimate of drug-likeness (QED) is 0.361. The predicted octanol–water partition coefficient (Wildman–Crippen LogP) is 4.77. The fourth-order valence-electron chi connectivity index (χ4n) is 4.61. The molecule has 2 aromatic carbocycles. The van der Waals surface area contributed by atoms with E-state index in [2.05, 4.69) is 6.07 Å². The van der Waals surface area contributed by atoms with Crippen molar-refractivity contribution in [1.29, 1.82) is 5.26 Å². The Morgan fingerprint density at radius 3 is 2.13 bits per heavy atom. The zero-order chi connectivity index (χ0) is 29.4. The van der Waals surface area contributed by atoms with E-state index in [9.17, 15) is 23.4 Å². The van der Waals surface area contributed by atoms with Crippen molar-refractivity contribution in [3.8, 4) is 11.8 Å². The Morgan fingerprint density at radius 1 is 1.05 bits per heavy atom. The summed E-state index contributed by atoms with van der Waals surface area (Å²) in [4.78, 5) is 13.7. The fourth-order valence-corrected chi connectivity index (χ4v) is 6.25. The number of amides is 1. The van der Waals surface area contributed by atoms with Crippen LogP contribution in [0.3, 0.4) is 0 Å². The van der Waals surface area contributed by atoms with Gasteiger partial charge in [-0.1, -0.05) is 44.2 Å². The molecule has 0 aromatic heterocycles. The number of aliphatic hydroxyl groups excluding tert-OH is 1. The van der Waals surface area contributed by atoms with Crippen LogP contribution in [0.25, 0.3) is 0 Å². The van der Waals surface area contributed by atoms with Gasteiger partial charge in [0.15, 0.2) is 0 Å². The maximum absolute atomic E-state index is 13.9. The van der Waals surface area contributed by atoms with Gasteiger partial charge in [0.05, 0.1) is 30.2 Å². The molecular weight excluding hydrogens is 518 g/mol. The van der Waals surface area contributed by atoms with Crippen LogP contribution in [0.5, 0.6) is 5.75 Å². The number of sulfonamides is 1. The zero-order valence-electron chi connectivity index (χ0n) is 23.7. The van der Waals surface area contributed by atoms with Crippen LogP contribution in [0.1, 0.15) is 53.0 Å². The van der Waals surface area contributed by atoms with Crippen molar-refractivity contribution in [3.05, 3.63) is 60.2 Å². The molecule has 0 aliphatic rings. The summed E-state index contributed by atoms with van der Waals surface area (Å²) in [6, 6.07) is 16.4. The summed E-state index contributed by atoms with van der Waals surface area (Å²) < 4.78 is 34.1. The minimum Gasteiger partial charge on any atom is -0.497 e. The van der Waals surface area contributed by atoms with Crippen molar-refractivity contribution in [2.24, 2.45) is 5.41 Å². The molecule has 0 saturated carbocycles. The van der Waals surface area contributed by atoms with Gasteiger partial charge in [0.1, 0.15) is 5.75 Å². The van der Waals surface area contributed by atoms with Crippen LogP contribution in [0.15, 0.2) is 59.5 Å². The van der Waals surface area contributed by atoms with Crippen LogP contribution in [0, 0.1) is 16.7 Å². The Hall–Kier alpha value is -3.13. The number of nitrogens with zero attached hydrogens (tertiary/aromatic N) is 3. The molecule has 0 aliphatic heterocycles. The lowest BCUT2D eigenvalue weighted by atomic mass is 9.87. The second kappa shape index (κ2) is 13.3. The van der Waals surface area contributed by atoms with E-state index >= 15 is 0 Å². The standard InChI is InChI=1S/C29H41N3O6S/c1-28(2,3)32(27(34)35)25(19-22-11-8-7-9-12-22)26(33)20-31(21-29(4,5)17-10-18-30)39(36,37)24-15-13-23(38-6)14-16-24/h7-9,11-16,25-26,33H,10,17,19-21H2,1-6H3,(H,34,35)/t25-,26+/m0/s1. The summed E-state index contributed by atoms with van der Waals surface area (Å²) in [6.07, 6.45) is -1.66. The number of carboxylic acid groups (broad SMARTS) is 1. The number of benzene rings is 2. The van der Waals surface area contributed by atoms with E-state index in [0.717, 1.165) is 5.56 Å². The number of rotatable bonds is 13.